The van der Waals surface area contributed by atoms with Gasteiger partial charge in [-0.3, -0.25) is 4.99 Å². The van der Waals surface area contributed by atoms with E-state index in [4.69, 9.17) is 10.5 Å². The monoisotopic (exact) mass is 359 g/mol. The van der Waals surface area contributed by atoms with Crippen LogP contribution in [0.25, 0.3) is 0 Å². The fourth-order valence-corrected chi connectivity index (χ4v) is 3.70. The van der Waals surface area contributed by atoms with Crippen molar-refractivity contribution in [2.75, 3.05) is 44.7 Å². The van der Waals surface area contributed by atoms with Crippen LogP contribution >= 0.6 is 11.3 Å². The molecule has 0 spiro atoms. The molecule has 0 saturated carbocycles. The van der Waals surface area contributed by atoms with Gasteiger partial charge in [-0.05, 0) is 11.6 Å². The van der Waals surface area contributed by atoms with Crippen LogP contribution in [0.1, 0.15) is 18.4 Å². The fraction of sp³-hybridized carbons (Fsp3) is 0.444. The summed E-state index contributed by atoms with van der Waals surface area (Å²) in [6.45, 7) is 6.39. The maximum atomic E-state index is 6.22. The second kappa shape index (κ2) is 8.20. The number of anilines is 1. The molecule has 2 heterocycles. The van der Waals surface area contributed by atoms with Gasteiger partial charge in [0.05, 0.1) is 7.11 Å². The van der Waals surface area contributed by atoms with E-state index >= 15 is 0 Å². The molecule has 0 radical (unpaired) electrons. The molecule has 1 aromatic carbocycles. The number of methoxy groups -OCH3 is 1. The second-order valence-electron chi connectivity index (χ2n) is 6.13. The molecule has 0 bridgehead atoms. The molecule has 3 rings (SSSR count). The average molecular weight is 359 g/mol. The Hall–Kier alpha value is -2.28. The van der Waals surface area contributed by atoms with Gasteiger partial charge in [0.25, 0.3) is 0 Å². The quantitative estimate of drug-likeness (QED) is 0.656. The summed E-state index contributed by atoms with van der Waals surface area (Å²) in [7, 11) is 1.70. The van der Waals surface area contributed by atoms with Gasteiger partial charge >= 0.3 is 0 Å². The van der Waals surface area contributed by atoms with Crippen LogP contribution in [0, 0.1) is 0 Å². The van der Waals surface area contributed by atoms with Gasteiger partial charge in [-0.1, -0.05) is 25.1 Å². The lowest BCUT2D eigenvalue weighted by Crippen LogP contribution is -2.51. The molecule has 2 N–H and O–H groups in total. The summed E-state index contributed by atoms with van der Waals surface area (Å²) in [6, 6.07) is 8.08. The van der Waals surface area contributed by atoms with Crippen LogP contribution in [0.15, 0.2) is 40.8 Å². The first-order valence-electron chi connectivity index (χ1n) is 8.51. The Morgan fingerprint density at radius 3 is 2.76 bits per heavy atom. The highest BCUT2D eigenvalue weighted by atomic mass is 32.1. The molecule has 7 heteroatoms. The number of hydrogen-bond donors (Lipinski definition) is 1. The maximum absolute atomic E-state index is 6.22. The Kier molecular flexibility index (Phi) is 5.75. The van der Waals surface area contributed by atoms with Crippen molar-refractivity contribution < 1.29 is 4.74 Å². The van der Waals surface area contributed by atoms with Crippen molar-refractivity contribution in [1.82, 2.24) is 9.88 Å². The van der Waals surface area contributed by atoms with Crippen molar-refractivity contribution in [3.8, 4) is 5.75 Å². The third-order valence-electron chi connectivity index (χ3n) is 4.49. The number of nitrogens with zero attached hydrogens (tertiary/aromatic N) is 4. The molecule has 1 fully saturated rings. The molecule has 1 aromatic heterocycles. The minimum Gasteiger partial charge on any atom is -0.496 e. The average Bonchev–Trinajstić information content (AvgIpc) is 3.20. The number of guanidine groups is 1. The lowest BCUT2D eigenvalue weighted by molar-refractivity contribution is 0.380. The van der Waals surface area contributed by atoms with Gasteiger partial charge in [0.15, 0.2) is 11.1 Å². The van der Waals surface area contributed by atoms with E-state index in [-0.39, 0.29) is 5.92 Å². The summed E-state index contributed by atoms with van der Waals surface area (Å²) in [5.41, 5.74) is 7.38. The van der Waals surface area contributed by atoms with Crippen molar-refractivity contribution in [2.45, 2.75) is 12.8 Å². The molecule has 0 amide bonds. The van der Waals surface area contributed by atoms with Crippen LogP contribution in [-0.2, 0) is 0 Å². The normalized spacial score (nSPS) is 16.8. The number of aromatic nitrogens is 1. The topological polar surface area (TPSA) is 67.0 Å². The first-order valence-corrected chi connectivity index (χ1v) is 9.39. The summed E-state index contributed by atoms with van der Waals surface area (Å²) in [5, 5.41) is 3.09. The van der Waals surface area contributed by atoms with Crippen molar-refractivity contribution in [3.63, 3.8) is 0 Å². The highest BCUT2D eigenvalue weighted by Crippen LogP contribution is 2.26. The van der Waals surface area contributed by atoms with Crippen molar-refractivity contribution in [2.24, 2.45) is 10.7 Å². The SMILES string of the molecule is COc1ccccc1C(C)CN=C(N)N1CCN(c2nccs2)CC1. The third kappa shape index (κ3) is 4.22. The van der Waals surface area contributed by atoms with Gasteiger partial charge in [0.1, 0.15) is 5.75 Å². The molecule has 1 aliphatic heterocycles. The number of piperazine rings is 1. The molecule has 1 aliphatic rings. The lowest BCUT2D eigenvalue weighted by Gasteiger charge is -2.35. The molecular formula is C18H25N5OS. The van der Waals surface area contributed by atoms with E-state index < -0.39 is 0 Å². The van der Waals surface area contributed by atoms with E-state index in [1.807, 2.05) is 29.8 Å². The number of ether oxygens (including phenoxy) is 1. The predicted octanol–water partition coefficient (Wildman–Crippen LogP) is 2.39. The number of para-hydroxylation sites is 1. The van der Waals surface area contributed by atoms with Crippen LogP contribution in [0.2, 0.25) is 0 Å². The second-order valence-corrected chi connectivity index (χ2v) is 7.00. The maximum Gasteiger partial charge on any atom is 0.191 e. The van der Waals surface area contributed by atoms with E-state index in [9.17, 15) is 0 Å². The van der Waals surface area contributed by atoms with E-state index in [1.165, 1.54) is 0 Å². The fourth-order valence-electron chi connectivity index (χ4n) is 3.00. The molecule has 1 atom stereocenters. The van der Waals surface area contributed by atoms with Crippen molar-refractivity contribution in [3.05, 3.63) is 41.4 Å². The standard InChI is InChI=1S/C18H25N5OS/c1-14(15-5-3-4-6-16(15)24-2)13-21-17(19)22-8-10-23(11-9-22)18-20-7-12-25-18/h3-7,12,14H,8-11,13H2,1-2H3,(H2,19,21). The highest BCUT2D eigenvalue weighted by molar-refractivity contribution is 7.13. The zero-order valence-electron chi connectivity index (χ0n) is 14.8. The molecule has 0 aliphatic carbocycles. The summed E-state index contributed by atoms with van der Waals surface area (Å²) < 4.78 is 5.44. The van der Waals surface area contributed by atoms with Crippen LogP contribution in [-0.4, -0.2) is 55.7 Å². The van der Waals surface area contributed by atoms with Gasteiger partial charge in [-0.25, -0.2) is 4.98 Å². The number of benzene rings is 1. The molecular weight excluding hydrogens is 334 g/mol. The summed E-state index contributed by atoms with van der Waals surface area (Å²) in [6.07, 6.45) is 1.85. The number of rotatable bonds is 5. The minimum atomic E-state index is 0.256. The Bertz CT molecular complexity index is 695. The number of hydrogen-bond acceptors (Lipinski definition) is 5. The third-order valence-corrected chi connectivity index (χ3v) is 5.32. The smallest absolute Gasteiger partial charge is 0.191 e. The first kappa shape index (κ1) is 17.5. The van der Waals surface area contributed by atoms with E-state index in [0.717, 1.165) is 42.6 Å². The van der Waals surface area contributed by atoms with Crippen molar-refractivity contribution in [1.29, 1.82) is 0 Å². The largest absolute Gasteiger partial charge is 0.496 e. The Morgan fingerprint density at radius 2 is 2.08 bits per heavy atom. The molecule has 134 valence electrons. The van der Waals surface area contributed by atoms with Gasteiger partial charge in [0, 0.05) is 50.2 Å². The van der Waals surface area contributed by atoms with E-state index in [1.54, 1.807) is 18.4 Å². The van der Waals surface area contributed by atoms with Crippen LogP contribution in [0.5, 0.6) is 5.75 Å². The summed E-state index contributed by atoms with van der Waals surface area (Å²) in [5.74, 6) is 1.78. The molecule has 1 saturated heterocycles. The summed E-state index contributed by atoms with van der Waals surface area (Å²) in [4.78, 5) is 13.4. The van der Waals surface area contributed by atoms with Gasteiger partial charge in [-0.15, -0.1) is 11.3 Å². The predicted molar refractivity (Wildman–Crippen MR) is 104 cm³/mol. The molecule has 2 aromatic rings. The molecule has 1 unspecified atom stereocenters. The number of thiazole rings is 1. The van der Waals surface area contributed by atoms with Crippen LogP contribution in [0.3, 0.4) is 0 Å². The minimum absolute atomic E-state index is 0.256. The number of aliphatic imine (C=N–C) groups is 1. The Balaban J connectivity index is 1.55. The van der Waals surface area contributed by atoms with Gasteiger partial charge < -0.3 is 20.3 Å². The van der Waals surface area contributed by atoms with E-state index in [2.05, 4.69) is 32.8 Å². The lowest BCUT2D eigenvalue weighted by atomic mass is 10.0. The summed E-state index contributed by atoms with van der Waals surface area (Å²) >= 11 is 1.68. The van der Waals surface area contributed by atoms with Crippen LogP contribution in [0.4, 0.5) is 5.13 Å². The Labute approximate surface area is 152 Å². The van der Waals surface area contributed by atoms with Crippen LogP contribution < -0.4 is 15.4 Å². The number of nitrogens with two attached hydrogens (primary N) is 1. The zero-order valence-corrected chi connectivity index (χ0v) is 15.6. The first-order chi connectivity index (χ1) is 12.2. The zero-order chi connectivity index (χ0) is 17.6. The van der Waals surface area contributed by atoms with Gasteiger partial charge in [0.2, 0.25) is 0 Å². The van der Waals surface area contributed by atoms with E-state index in [0.29, 0.717) is 12.5 Å². The molecule has 6 nitrogen and oxygen atoms in total. The van der Waals surface area contributed by atoms with Crippen molar-refractivity contribution >= 4 is 22.4 Å². The molecule has 25 heavy (non-hydrogen) atoms. The highest BCUT2D eigenvalue weighted by Gasteiger charge is 2.20. The Morgan fingerprint density at radius 1 is 1.32 bits per heavy atom. The van der Waals surface area contributed by atoms with Gasteiger partial charge in [-0.2, -0.15) is 0 Å².